The number of hydrogen-bond donors (Lipinski definition) is 2. The molecule has 0 saturated carbocycles. The van der Waals surface area contributed by atoms with Crippen molar-refractivity contribution in [2.45, 2.75) is 26.3 Å². The number of nitrogens with one attached hydrogen (secondary N) is 2. The molecule has 0 unspecified atom stereocenters. The first-order valence-corrected chi connectivity index (χ1v) is 8.59. The smallest absolute Gasteiger partial charge is 0.224 e. The van der Waals surface area contributed by atoms with Crippen LogP contribution in [0.3, 0.4) is 0 Å². The van der Waals surface area contributed by atoms with Crippen molar-refractivity contribution in [1.82, 2.24) is 4.98 Å². The van der Waals surface area contributed by atoms with E-state index in [1.165, 1.54) is 4.70 Å². The predicted molar refractivity (Wildman–Crippen MR) is 96.9 cm³/mol. The fraction of sp³-hybridized carbons (Fsp3) is 0.222. The second-order valence-electron chi connectivity index (χ2n) is 5.35. The first kappa shape index (κ1) is 15.5. The Hall–Kier alpha value is -2.40. The molecule has 0 radical (unpaired) electrons. The number of nitrogens with zero attached hydrogens (tertiary/aromatic N) is 1. The molecule has 2 aromatic heterocycles. The van der Waals surface area contributed by atoms with E-state index >= 15 is 0 Å². The highest BCUT2D eigenvalue weighted by Crippen LogP contribution is 2.27. The molecule has 0 saturated heterocycles. The standard InChI is InChI=1S/C18H19N3OS/c1-2-4-17(22)21-14-6-3-5-13(11-14)12-20-15-7-9-19-16-8-10-23-18(15)16/h3,5-11H,2,4,12H2,1H3,(H,19,20)(H,21,22). The summed E-state index contributed by atoms with van der Waals surface area (Å²) in [7, 11) is 0. The third-order valence-corrected chi connectivity index (χ3v) is 4.45. The first-order chi connectivity index (χ1) is 11.3. The molecule has 23 heavy (non-hydrogen) atoms. The molecule has 5 heteroatoms. The molecule has 1 amide bonds. The summed E-state index contributed by atoms with van der Waals surface area (Å²) in [5.41, 5.74) is 4.07. The van der Waals surface area contributed by atoms with Gasteiger partial charge in [0, 0.05) is 24.8 Å². The molecule has 0 aliphatic rings. The molecule has 118 valence electrons. The summed E-state index contributed by atoms with van der Waals surface area (Å²) in [4.78, 5) is 16.0. The van der Waals surface area contributed by atoms with E-state index in [-0.39, 0.29) is 5.91 Å². The minimum Gasteiger partial charge on any atom is -0.380 e. The molecule has 0 spiro atoms. The van der Waals surface area contributed by atoms with Gasteiger partial charge in [0.15, 0.2) is 0 Å². The lowest BCUT2D eigenvalue weighted by atomic mass is 10.2. The van der Waals surface area contributed by atoms with Crippen molar-refractivity contribution in [2.24, 2.45) is 0 Å². The highest BCUT2D eigenvalue weighted by atomic mass is 32.1. The van der Waals surface area contributed by atoms with Crippen LogP contribution in [0, 0.1) is 0 Å². The maximum absolute atomic E-state index is 11.7. The van der Waals surface area contributed by atoms with E-state index in [9.17, 15) is 4.79 Å². The van der Waals surface area contributed by atoms with Gasteiger partial charge in [0.2, 0.25) is 5.91 Å². The minimum atomic E-state index is 0.0621. The van der Waals surface area contributed by atoms with Crippen molar-refractivity contribution in [1.29, 1.82) is 0 Å². The molecule has 0 fully saturated rings. The van der Waals surface area contributed by atoms with Crippen LogP contribution in [0.5, 0.6) is 0 Å². The van der Waals surface area contributed by atoms with E-state index in [0.29, 0.717) is 13.0 Å². The van der Waals surface area contributed by atoms with E-state index in [1.807, 2.05) is 48.8 Å². The van der Waals surface area contributed by atoms with Crippen LogP contribution >= 0.6 is 11.3 Å². The Kier molecular flexibility index (Phi) is 4.88. The van der Waals surface area contributed by atoms with Crippen molar-refractivity contribution >= 4 is 38.8 Å². The number of thiophene rings is 1. The summed E-state index contributed by atoms with van der Waals surface area (Å²) in [6, 6.07) is 12.0. The molecule has 0 atom stereocenters. The third-order valence-electron chi connectivity index (χ3n) is 3.51. The Morgan fingerprint density at radius 1 is 1.26 bits per heavy atom. The quantitative estimate of drug-likeness (QED) is 0.694. The number of benzene rings is 1. The Bertz CT molecular complexity index is 813. The number of carbonyl (C=O) groups is 1. The number of aromatic nitrogens is 1. The van der Waals surface area contributed by atoms with Gasteiger partial charge in [-0.05, 0) is 41.6 Å². The van der Waals surface area contributed by atoms with Crippen molar-refractivity contribution < 1.29 is 4.79 Å². The van der Waals surface area contributed by atoms with Gasteiger partial charge in [0.05, 0.1) is 15.9 Å². The van der Waals surface area contributed by atoms with Crippen molar-refractivity contribution in [3.8, 4) is 0 Å². The average Bonchev–Trinajstić information content (AvgIpc) is 3.02. The monoisotopic (exact) mass is 325 g/mol. The Labute approximate surface area is 139 Å². The lowest BCUT2D eigenvalue weighted by Crippen LogP contribution is -2.11. The maximum atomic E-state index is 11.7. The van der Waals surface area contributed by atoms with Crippen LogP contribution in [0.4, 0.5) is 11.4 Å². The molecular weight excluding hydrogens is 306 g/mol. The number of amides is 1. The maximum Gasteiger partial charge on any atom is 0.224 e. The van der Waals surface area contributed by atoms with Gasteiger partial charge in [0.25, 0.3) is 0 Å². The second kappa shape index (κ2) is 7.24. The molecule has 2 heterocycles. The zero-order valence-corrected chi connectivity index (χ0v) is 13.8. The van der Waals surface area contributed by atoms with Gasteiger partial charge in [-0.15, -0.1) is 11.3 Å². The van der Waals surface area contributed by atoms with Gasteiger partial charge in [-0.25, -0.2) is 0 Å². The fourth-order valence-corrected chi connectivity index (χ4v) is 3.26. The largest absolute Gasteiger partial charge is 0.380 e. The average molecular weight is 325 g/mol. The molecule has 1 aromatic carbocycles. The van der Waals surface area contributed by atoms with Crippen molar-refractivity contribution in [2.75, 3.05) is 10.6 Å². The minimum absolute atomic E-state index is 0.0621. The van der Waals surface area contributed by atoms with Crippen LogP contribution < -0.4 is 10.6 Å². The molecule has 0 bridgehead atoms. The van der Waals surface area contributed by atoms with Gasteiger partial charge in [-0.3, -0.25) is 9.78 Å². The van der Waals surface area contributed by atoms with Crippen LogP contribution in [-0.2, 0) is 11.3 Å². The molecule has 4 nitrogen and oxygen atoms in total. The molecule has 2 N–H and O–H groups in total. The number of hydrogen-bond acceptors (Lipinski definition) is 4. The Morgan fingerprint density at radius 2 is 2.17 bits per heavy atom. The normalized spacial score (nSPS) is 10.7. The molecule has 3 rings (SSSR count). The van der Waals surface area contributed by atoms with E-state index in [1.54, 1.807) is 11.3 Å². The van der Waals surface area contributed by atoms with E-state index < -0.39 is 0 Å². The highest BCUT2D eigenvalue weighted by Gasteiger charge is 2.04. The third kappa shape index (κ3) is 3.87. The number of rotatable bonds is 6. The number of pyridine rings is 1. The summed E-state index contributed by atoms with van der Waals surface area (Å²) in [6.45, 7) is 2.70. The first-order valence-electron chi connectivity index (χ1n) is 7.71. The fourth-order valence-electron chi connectivity index (χ4n) is 2.42. The zero-order chi connectivity index (χ0) is 16.1. The second-order valence-corrected chi connectivity index (χ2v) is 6.26. The lowest BCUT2D eigenvalue weighted by Gasteiger charge is -2.10. The van der Waals surface area contributed by atoms with Crippen LogP contribution in [0.15, 0.2) is 48.0 Å². The summed E-state index contributed by atoms with van der Waals surface area (Å²) < 4.78 is 1.17. The molecule has 0 aliphatic heterocycles. The molecule has 3 aromatic rings. The summed E-state index contributed by atoms with van der Waals surface area (Å²) in [6.07, 6.45) is 3.22. The number of fused-ring (bicyclic) bond motifs is 1. The van der Waals surface area contributed by atoms with Gasteiger partial charge in [-0.2, -0.15) is 0 Å². The van der Waals surface area contributed by atoms with Gasteiger partial charge in [-0.1, -0.05) is 19.1 Å². The van der Waals surface area contributed by atoms with Crippen LogP contribution in [0.25, 0.3) is 10.2 Å². The number of carbonyl (C=O) groups excluding carboxylic acids is 1. The Balaban J connectivity index is 1.68. The molecular formula is C18H19N3OS. The Morgan fingerprint density at radius 3 is 3.04 bits per heavy atom. The van der Waals surface area contributed by atoms with E-state index in [2.05, 4.69) is 21.7 Å². The topological polar surface area (TPSA) is 54.0 Å². The molecule has 0 aliphatic carbocycles. The van der Waals surface area contributed by atoms with Crippen LogP contribution in [-0.4, -0.2) is 10.9 Å². The predicted octanol–water partition coefficient (Wildman–Crippen LogP) is 4.65. The van der Waals surface area contributed by atoms with Gasteiger partial charge < -0.3 is 10.6 Å². The van der Waals surface area contributed by atoms with Crippen LogP contribution in [0.2, 0.25) is 0 Å². The van der Waals surface area contributed by atoms with Crippen molar-refractivity contribution in [3.63, 3.8) is 0 Å². The van der Waals surface area contributed by atoms with Gasteiger partial charge >= 0.3 is 0 Å². The lowest BCUT2D eigenvalue weighted by molar-refractivity contribution is -0.116. The van der Waals surface area contributed by atoms with E-state index in [0.717, 1.165) is 28.9 Å². The van der Waals surface area contributed by atoms with Crippen LogP contribution in [0.1, 0.15) is 25.3 Å². The highest BCUT2D eigenvalue weighted by molar-refractivity contribution is 7.17. The zero-order valence-electron chi connectivity index (χ0n) is 13.0. The number of anilines is 2. The SMILES string of the molecule is CCCC(=O)Nc1cccc(CNc2ccnc3ccsc23)c1. The van der Waals surface area contributed by atoms with Gasteiger partial charge in [0.1, 0.15) is 0 Å². The summed E-state index contributed by atoms with van der Waals surface area (Å²) in [5.74, 6) is 0.0621. The van der Waals surface area contributed by atoms with Crippen molar-refractivity contribution in [3.05, 3.63) is 53.5 Å². The summed E-state index contributed by atoms with van der Waals surface area (Å²) >= 11 is 1.68. The summed E-state index contributed by atoms with van der Waals surface area (Å²) in [5, 5.41) is 8.43. The van der Waals surface area contributed by atoms with E-state index in [4.69, 9.17) is 0 Å².